The minimum Gasteiger partial charge on any atom is -0.466 e. The third kappa shape index (κ3) is 4.28. The van der Waals surface area contributed by atoms with Crippen LogP contribution < -0.4 is 10.9 Å². The van der Waals surface area contributed by atoms with Crippen molar-refractivity contribution in [3.05, 3.63) is 24.2 Å². The predicted molar refractivity (Wildman–Crippen MR) is 83.1 cm³/mol. The van der Waals surface area contributed by atoms with Crippen molar-refractivity contribution in [3.63, 3.8) is 0 Å². The minimum atomic E-state index is -0.809. The highest BCUT2D eigenvalue weighted by molar-refractivity contribution is 7.99. The molecule has 9 nitrogen and oxygen atoms in total. The molecule has 1 aliphatic heterocycles. The van der Waals surface area contributed by atoms with Crippen molar-refractivity contribution >= 4 is 35.5 Å². The van der Waals surface area contributed by atoms with E-state index in [1.165, 1.54) is 36.8 Å². The molecule has 0 saturated carbocycles. The quantitative estimate of drug-likeness (QED) is 0.574. The average molecular weight is 355 g/mol. The first-order valence-corrected chi connectivity index (χ1v) is 8.11. The Kier molecular flexibility index (Phi) is 5.85. The molecule has 0 aromatic carbocycles. The summed E-state index contributed by atoms with van der Waals surface area (Å²) in [4.78, 5) is 47.6. The van der Waals surface area contributed by atoms with Crippen molar-refractivity contribution in [2.24, 2.45) is 0 Å². The van der Waals surface area contributed by atoms with Crippen LogP contribution in [0.25, 0.3) is 0 Å². The smallest absolute Gasteiger partial charge is 0.330 e. The van der Waals surface area contributed by atoms with Crippen LogP contribution in [-0.2, 0) is 23.9 Å². The number of nitrogens with one attached hydrogen (secondary N) is 2. The van der Waals surface area contributed by atoms with Gasteiger partial charge in [-0.25, -0.2) is 4.79 Å². The van der Waals surface area contributed by atoms with Gasteiger partial charge in [0.15, 0.2) is 6.61 Å². The summed E-state index contributed by atoms with van der Waals surface area (Å²) in [6.07, 6.45) is 1.49. The fourth-order valence-corrected chi connectivity index (χ4v) is 3.57. The molecule has 0 spiro atoms. The number of hydrogen-bond donors (Lipinski definition) is 2. The first kappa shape index (κ1) is 17.9. The zero-order chi connectivity index (χ0) is 17.7. The van der Waals surface area contributed by atoms with Crippen LogP contribution in [0.5, 0.6) is 0 Å². The van der Waals surface area contributed by atoms with Crippen molar-refractivity contribution in [2.45, 2.75) is 25.3 Å². The van der Waals surface area contributed by atoms with Gasteiger partial charge in [-0.05, 0) is 12.1 Å². The summed E-state index contributed by atoms with van der Waals surface area (Å²) >= 11 is 1.37. The van der Waals surface area contributed by atoms with Gasteiger partial charge in [0, 0.05) is 19.6 Å². The molecule has 0 bridgehead atoms. The van der Waals surface area contributed by atoms with Gasteiger partial charge in [0.1, 0.15) is 17.2 Å². The number of nitrogens with zero attached hydrogens (tertiary/aromatic N) is 1. The monoisotopic (exact) mass is 355 g/mol. The Morgan fingerprint density at radius 2 is 2.08 bits per heavy atom. The molecule has 1 fully saturated rings. The largest absolute Gasteiger partial charge is 0.466 e. The summed E-state index contributed by atoms with van der Waals surface area (Å²) in [5.74, 6) is -1.23. The minimum absolute atomic E-state index is 0.300. The van der Waals surface area contributed by atoms with Crippen LogP contribution in [0.2, 0.25) is 0 Å². The Labute approximate surface area is 142 Å². The highest BCUT2D eigenvalue weighted by Crippen LogP contribution is 2.41. The SMILES string of the molecule is CC(=O)NNC(=O)COC(=O)[C@H]1CS[C@@H](c2ccco2)N1C(C)=O. The van der Waals surface area contributed by atoms with Gasteiger partial charge in [0.25, 0.3) is 5.91 Å². The summed E-state index contributed by atoms with van der Waals surface area (Å²) in [5.41, 5.74) is 4.16. The number of hydrazine groups is 1. The van der Waals surface area contributed by atoms with E-state index in [0.29, 0.717) is 11.5 Å². The first-order valence-electron chi connectivity index (χ1n) is 7.06. The molecule has 1 aliphatic rings. The number of hydrogen-bond acceptors (Lipinski definition) is 7. The van der Waals surface area contributed by atoms with Gasteiger partial charge in [0.2, 0.25) is 11.8 Å². The van der Waals surface area contributed by atoms with E-state index in [1.807, 2.05) is 0 Å². The summed E-state index contributed by atoms with van der Waals surface area (Å²) in [6.45, 7) is 2.02. The number of thioether (sulfide) groups is 1. The third-order valence-electron chi connectivity index (χ3n) is 3.15. The van der Waals surface area contributed by atoms with Crippen LogP contribution in [0.1, 0.15) is 25.0 Å². The molecule has 3 amide bonds. The maximum absolute atomic E-state index is 12.2. The molecular weight excluding hydrogens is 338 g/mol. The molecule has 2 atom stereocenters. The number of amides is 3. The van der Waals surface area contributed by atoms with E-state index < -0.39 is 35.8 Å². The highest BCUT2D eigenvalue weighted by Gasteiger charge is 2.43. The molecule has 2 N–H and O–H groups in total. The highest BCUT2D eigenvalue weighted by atomic mass is 32.2. The lowest BCUT2D eigenvalue weighted by Crippen LogP contribution is -2.45. The Morgan fingerprint density at radius 3 is 2.67 bits per heavy atom. The summed E-state index contributed by atoms with van der Waals surface area (Å²) in [7, 11) is 0. The maximum atomic E-state index is 12.2. The molecule has 0 unspecified atom stereocenters. The Bertz CT molecular complexity index is 632. The number of carbonyl (C=O) groups is 4. The lowest BCUT2D eigenvalue weighted by molar-refractivity contribution is -0.156. The van der Waals surface area contributed by atoms with Gasteiger partial charge in [0.05, 0.1) is 6.26 Å². The molecule has 0 aliphatic carbocycles. The van der Waals surface area contributed by atoms with Gasteiger partial charge in [-0.2, -0.15) is 0 Å². The van der Waals surface area contributed by atoms with E-state index in [1.54, 1.807) is 12.1 Å². The molecule has 24 heavy (non-hydrogen) atoms. The van der Waals surface area contributed by atoms with Crippen LogP contribution in [0.15, 0.2) is 22.8 Å². The first-order chi connectivity index (χ1) is 11.4. The Balaban J connectivity index is 1.95. The number of furan rings is 1. The third-order valence-corrected chi connectivity index (χ3v) is 4.43. The van der Waals surface area contributed by atoms with Crippen LogP contribution in [-0.4, -0.2) is 47.0 Å². The van der Waals surface area contributed by atoms with E-state index >= 15 is 0 Å². The lowest BCUT2D eigenvalue weighted by Gasteiger charge is -2.25. The Hall–Kier alpha value is -2.49. The maximum Gasteiger partial charge on any atom is 0.330 e. The fraction of sp³-hybridized carbons (Fsp3) is 0.429. The van der Waals surface area contributed by atoms with E-state index in [-0.39, 0.29) is 5.91 Å². The summed E-state index contributed by atoms with van der Waals surface area (Å²) < 4.78 is 10.2. The van der Waals surface area contributed by atoms with Gasteiger partial charge in [-0.3, -0.25) is 25.2 Å². The average Bonchev–Trinajstić information content (AvgIpc) is 3.18. The zero-order valence-corrected chi connectivity index (χ0v) is 13.9. The number of rotatable bonds is 4. The number of esters is 1. The molecule has 2 rings (SSSR count). The molecule has 1 aromatic heterocycles. The second-order valence-electron chi connectivity index (χ2n) is 4.98. The summed E-state index contributed by atoms with van der Waals surface area (Å²) in [6, 6.07) is 2.62. The van der Waals surface area contributed by atoms with Crippen molar-refractivity contribution in [3.8, 4) is 0 Å². The number of carbonyl (C=O) groups excluding carboxylic acids is 4. The van der Waals surface area contributed by atoms with Gasteiger partial charge in [-0.15, -0.1) is 11.8 Å². The van der Waals surface area contributed by atoms with Crippen molar-refractivity contribution < 1.29 is 28.3 Å². The van der Waals surface area contributed by atoms with Crippen LogP contribution in [0.4, 0.5) is 0 Å². The van der Waals surface area contributed by atoms with Crippen molar-refractivity contribution in [1.82, 2.24) is 15.8 Å². The number of ether oxygens (including phenoxy) is 1. The van der Waals surface area contributed by atoms with Crippen LogP contribution in [0.3, 0.4) is 0 Å². The van der Waals surface area contributed by atoms with Crippen molar-refractivity contribution in [2.75, 3.05) is 12.4 Å². The van der Waals surface area contributed by atoms with E-state index in [2.05, 4.69) is 10.9 Å². The van der Waals surface area contributed by atoms with Crippen LogP contribution >= 0.6 is 11.8 Å². The summed E-state index contributed by atoms with van der Waals surface area (Å²) in [5, 5.41) is -0.414. The fourth-order valence-electron chi connectivity index (χ4n) is 2.15. The standard InChI is InChI=1S/C14H17N3O6S/c1-8(18)15-16-12(20)6-23-14(21)10-7-24-13(17(10)9(2)19)11-4-3-5-22-11/h3-5,10,13H,6-7H2,1-2H3,(H,15,18)(H,16,20)/t10-,13+/m1/s1. The van der Waals surface area contributed by atoms with Gasteiger partial charge >= 0.3 is 5.97 Å². The second kappa shape index (κ2) is 7.86. The topological polar surface area (TPSA) is 118 Å². The lowest BCUT2D eigenvalue weighted by atomic mass is 10.2. The van der Waals surface area contributed by atoms with E-state index in [0.717, 1.165) is 0 Å². The normalized spacial score (nSPS) is 19.7. The molecule has 1 saturated heterocycles. The molecule has 130 valence electrons. The van der Waals surface area contributed by atoms with Gasteiger partial charge < -0.3 is 14.1 Å². The molecular formula is C14H17N3O6S. The molecule has 2 heterocycles. The molecule has 1 aromatic rings. The molecule has 10 heteroatoms. The van der Waals surface area contributed by atoms with E-state index in [4.69, 9.17) is 9.15 Å². The van der Waals surface area contributed by atoms with E-state index in [9.17, 15) is 19.2 Å². The van der Waals surface area contributed by atoms with Gasteiger partial charge in [-0.1, -0.05) is 0 Å². The second-order valence-corrected chi connectivity index (χ2v) is 6.09. The van der Waals surface area contributed by atoms with Crippen molar-refractivity contribution in [1.29, 1.82) is 0 Å². The Morgan fingerprint density at radius 1 is 1.33 bits per heavy atom. The zero-order valence-electron chi connectivity index (χ0n) is 13.1. The molecule has 0 radical (unpaired) electrons. The predicted octanol–water partition coefficient (Wildman–Crippen LogP) is -0.0474. The van der Waals surface area contributed by atoms with Crippen LogP contribution in [0, 0.1) is 0 Å².